The van der Waals surface area contributed by atoms with Gasteiger partial charge in [-0.2, -0.15) is 4.98 Å². The number of ether oxygens (including phenoxy) is 1. The fourth-order valence-electron chi connectivity index (χ4n) is 1.23. The summed E-state index contributed by atoms with van der Waals surface area (Å²) in [6.07, 6.45) is 1.58. The van der Waals surface area contributed by atoms with Crippen LogP contribution in [-0.2, 0) is 0 Å². The van der Waals surface area contributed by atoms with Crippen molar-refractivity contribution in [3.8, 4) is 5.88 Å². The summed E-state index contributed by atoms with van der Waals surface area (Å²) in [5.74, 6) is 0.535. The van der Waals surface area contributed by atoms with Gasteiger partial charge in [-0.25, -0.2) is 4.98 Å². The highest BCUT2D eigenvalue weighted by Crippen LogP contribution is 2.31. The molecule has 0 unspecified atom stereocenters. The Bertz CT molecular complexity index is 434. The van der Waals surface area contributed by atoms with Gasteiger partial charge in [-0.1, -0.05) is 6.08 Å². The Morgan fingerprint density at radius 1 is 1.59 bits per heavy atom. The third-order valence-corrected chi connectivity index (χ3v) is 1.84. The van der Waals surface area contributed by atoms with Crippen LogP contribution in [0.15, 0.2) is 12.7 Å². The molecule has 0 saturated carbocycles. The van der Waals surface area contributed by atoms with E-state index in [1.54, 1.807) is 19.9 Å². The molecule has 0 bridgehead atoms. The fraction of sp³-hybridized carbons (Fsp3) is 0.400. The van der Waals surface area contributed by atoms with E-state index in [1.165, 1.54) is 0 Å². The number of nitro groups is 1. The van der Waals surface area contributed by atoms with Crippen molar-refractivity contribution in [3.05, 3.63) is 28.6 Å². The molecule has 0 aliphatic heterocycles. The minimum absolute atomic E-state index is 0.0171. The Morgan fingerprint density at radius 3 is 2.82 bits per heavy atom. The van der Waals surface area contributed by atoms with Gasteiger partial charge in [0.25, 0.3) is 5.88 Å². The average Bonchev–Trinajstić information content (AvgIpc) is 2.25. The zero-order chi connectivity index (χ0) is 12.8. The van der Waals surface area contributed by atoms with Crippen LogP contribution in [0.3, 0.4) is 0 Å². The topological polar surface area (TPSA) is 90.2 Å². The van der Waals surface area contributed by atoms with Crippen LogP contribution in [0, 0.1) is 17.0 Å². The molecule has 0 atom stereocenters. The van der Waals surface area contributed by atoms with E-state index in [0.29, 0.717) is 19.0 Å². The average molecular weight is 238 g/mol. The van der Waals surface area contributed by atoms with Gasteiger partial charge in [0.05, 0.1) is 11.5 Å². The predicted octanol–water partition coefficient (Wildman–Crippen LogP) is 1.69. The van der Waals surface area contributed by atoms with Gasteiger partial charge in [0.1, 0.15) is 5.82 Å². The molecule has 1 heterocycles. The molecule has 17 heavy (non-hydrogen) atoms. The maximum atomic E-state index is 11.0. The van der Waals surface area contributed by atoms with E-state index in [0.717, 1.165) is 0 Å². The van der Waals surface area contributed by atoms with Gasteiger partial charge in [-0.3, -0.25) is 10.1 Å². The van der Waals surface area contributed by atoms with Crippen LogP contribution in [0.4, 0.5) is 11.5 Å². The summed E-state index contributed by atoms with van der Waals surface area (Å²) in [6, 6.07) is 0. The molecule has 1 N–H and O–H groups in total. The molecular formula is C10H14N4O3. The summed E-state index contributed by atoms with van der Waals surface area (Å²) < 4.78 is 5.14. The lowest BCUT2D eigenvalue weighted by atomic mass is 10.4. The first-order valence-electron chi connectivity index (χ1n) is 5.10. The molecule has 1 aromatic heterocycles. The van der Waals surface area contributed by atoms with Crippen molar-refractivity contribution in [3.63, 3.8) is 0 Å². The number of hydrogen-bond donors (Lipinski definition) is 1. The molecule has 1 aromatic rings. The first-order chi connectivity index (χ1) is 8.10. The molecular weight excluding hydrogens is 224 g/mol. The largest absolute Gasteiger partial charge is 0.473 e. The third kappa shape index (κ3) is 3.13. The van der Waals surface area contributed by atoms with Crippen molar-refractivity contribution in [1.82, 2.24) is 9.97 Å². The second-order valence-corrected chi connectivity index (χ2v) is 3.13. The summed E-state index contributed by atoms with van der Waals surface area (Å²) in [6.45, 7) is 7.58. The third-order valence-electron chi connectivity index (χ3n) is 1.84. The second-order valence-electron chi connectivity index (χ2n) is 3.13. The highest BCUT2D eigenvalue weighted by Gasteiger charge is 2.24. The van der Waals surface area contributed by atoms with E-state index in [1.807, 2.05) is 0 Å². The lowest BCUT2D eigenvalue weighted by Gasteiger charge is -2.08. The van der Waals surface area contributed by atoms with Crippen LogP contribution in [0.2, 0.25) is 0 Å². The molecule has 0 radical (unpaired) electrons. The summed E-state index contributed by atoms with van der Waals surface area (Å²) in [7, 11) is 0. The summed E-state index contributed by atoms with van der Waals surface area (Å²) in [5, 5.41) is 13.8. The molecule has 0 spiro atoms. The molecule has 0 aromatic carbocycles. The number of hydrogen-bond acceptors (Lipinski definition) is 6. The Kier molecular flexibility index (Phi) is 4.38. The van der Waals surface area contributed by atoms with E-state index >= 15 is 0 Å². The van der Waals surface area contributed by atoms with E-state index in [-0.39, 0.29) is 17.4 Å². The number of rotatable bonds is 6. The summed E-state index contributed by atoms with van der Waals surface area (Å²) in [5.41, 5.74) is -0.251. The van der Waals surface area contributed by atoms with Gasteiger partial charge < -0.3 is 10.1 Å². The Hall–Kier alpha value is -2.18. The number of nitrogens with zero attached hydrogens (tertiary/aromatic N) is 3. The van der Waals surface area contributed by atoms with Gasteiger partial charge in [0.15, 0.2) is 0 Å². The minimum Gasteiger partial charge on any atom is -0.473 e. The monoisotopic (exact) mass is 238 g/mol. The molecule has 1 rings (SSSR count). The Labute approximate surface area is 98.7 Å². The molecule has 7 nitrogen and oxygen atoms in total. The normalized spacial score (nSPS) is 9.76. The standard InChI is InChI=1S/C10H14N4O3/c1-4-6-11-9-8(14(15)16)10(17-5-2)13-7(3)12-9/h4H,1,5-6H2,2-3H3,(H,11,12,13). The lowest BCUT2D eigenvalue weighted by Crippen LogP contribution is -2.09. The number of aromatic nitrogens is 2. The van der Waals surface area contributed by atoms with Crippen LogP contribution in [0.1, 0.15) is 12.7 Å². The van der Waals surface area contributed by atoms with Crippen LogP contribution in [0.5, 0.6) is 5.88 Å². The molecule has 0 aliphatic rings. The molecule has 0 amide bonds. The Balaban J connectivity index is 3.24. The van der Waals surface area contributed by atoms with Crippen molar-refractivity contribution in [2.24, 2.45) is 0 Å². The van der Waals surface area contributed by atoms with Crippen molar-refractivity contribution in [2.45, 2.75) is 13.8 Å². The summed E-state index contributed by atoms with van der Waals surface area (Å²) >= 11 is 0. The molecule has 0 aliphatic carbocycles. The Morgan fingerprint density at radius 2 is 2.29 bits per heavy atom. The number of anilines is 1. The quantitative estimate of drug-likeness (QED) is 0.460. The van der Waals surface area contributed by atoms with Crippen molar-refractivity contribution < 1.29 is 9.66 Å². The van der Waals surface area contributed by atoms with Crippen LogP contribution in [0.25, 0.3) is 0 Å². The zero-order valence-corrected chi connectivity index (χ0v) is 9.77. The lowest BCUT2D eigenvalue weighted by molar-refractivity contribution is -0.385. The van der Waals surface area contributed by atoms with E-state index in [4.69, 9.17) is 4.74 Å². The number of nitrogens with one attached hydrogen (secondary N) is 1. The van der Waals surface area contributed by atoms with Gasteiger partial charge in [0.2, 0.25) is 5.82 Å². The van der Waals surface area contributed by atoms with Gasteiger partial charge in [-0.05, 0) is 13.8 Å². The van der Waals surface area contributed by atoms with Gasteiger partial charge >= 0.3 is 5.69 Å². The predicted molar refractivity (Wildman–Crippen MR) is 63.3 cm³/mol. The first-order valence-corrected chi connectivity index (χ1v) is 5.10. The molecule has 0 fully saturated rings. The smallest absolute Gasteiger partial charge is 0.372 e. The second kappa shape index (κ2) is 5.78. The SMILES string of the molecule is C=CCNc1nc(C)nc(OCC)c1[N+](=O)[O-]. The molecule has 92 valence electrons. The highest BCUT2D eigenvalue weighted by molar-refractivity contribution is 5.61. The minimum atomic E-state index is -0.560. The van der Waals surface area contributed by atoms with Crippen LogP contribution < -0.4 is 10.1 Å². The van der Waals surface area contributed by atoms with E-state index in [9.17, 15) is 10.1 Å². The highest BCUT2D eigenvalue weighted by atomic mass is 16.6. The van der Waals surface area contributed by atoms with Crippen molar-refractivity contribution >= 4 is 11.5 Å². The fourth-order valence-corrected chi connectivity index (χ4v) is 1.23. The molecule has 0 saturated heterocycles. The molecule has 7 heteroatoms. The maximum Gasteiger partial charge on any atom is 0.372 e. The van der Waals surface area contributed by atoms with E-state index < -0.39 is 4.92 Å². The zero-order valence-electron chi connectivity index (χ0n) is 9.77. The van der Waals surface area contributed by atoms with Crippen molar-refractivity contribution in [1.29, 1.82) is 0 Å². The number of aryl methyl sites for hydroxylation is 1. The van der Waals surface area contributed by atoms with E-state index in [2.05, 4.69) is 21.9 Å². The maximum absolute atomic E-state index is 11.0. The van der Waals surface area contributed by atoms with Crippen LogP contribution >= 0.6 is 0 Å². The van der Waals surface area contributed by atoms with Gasteiger partial charge in [0, 0.05) is 6.54 Å². The van der Waals surface area contributed by atoms with Gasteiger partial charge in [-0.15, -0.1) is 6.58 Å². The first kappa shape index (κ1) is 12.9. The van der Waals surface area contributed by atoms with Crippen LogP contribution in [-0.4, -0.2) is 28.0 Å². The summed E-state index contributed by atoms with van der Waals surface area (Å²) in [4.78, 5) is 18.3. The van der Waals surface area contributed by atoms with Crippen molar-refractivity contribution in [2.75, 3.05) is 18.5 Å².